The van der Waals surface area contributed by atoms with Crippen LogP contribution in [0.1, 0.15) is 11.1 Å². The van der Waals surface area contributed by atoms with E-state index in [1.165, 1.54) is 5.56 Å². The van der Waals surface area contributed by atoms with Crippen molar-refractivity contribution in [2.24, 2.45) is 0 Å². The Bertz CT molecular complexity index is 1370. The van der Waals surface area contributed by atoms with Gasteiger partial charge in [-0.05, 0) is 29.5 Å². The Balaban J connectivity index is 1.68. The number of aromatic nitrogens is 3. The van der Waals surface area contributed by atoms with Gasteiger partial charge in [0.15, 0.2) is 5.65 Å². The third kappa shape index (κ3) is 2.53. The van der Waals surface area contributed by atoms with Gasteiger partial charge in [-0.2, -0.15) is 10.4 Å². The van der Waals surface area contributed by atoms with E-state index < -0.39 is 0 Å². The molecule has 132 valence electrons. The van der Waals surface area contributed by atoms with Gasteiger partial charge in [0.25, 0.3) is 0 Å². The molecule has 4 nitrogen and oxygen atoms in total. The van der Waals surface area contributed by atoms with Gasteiger partial charge < -0.3 is 0 Å². The maximum Gasteiger partial charge on any atom is 0.162 e. The monoisotopic (exact) mass is 360 g/mol. The number of aryl methyl sites for hydroxylation is 1. The summed E-state index contributed by atoms with van der Waals surface area (Å²) in [5, 5.41) is 15.9. The zero-order valence-electron chi connectivity index (χ0n) is 15.3. The van der Waals surface area contributed by atoms with Crippen molar-refractivity contribution in [2.75, 3.05) is 0 Å². The van der Waals surface area contributed by atoms with E-state index in [9.17, 15) is 5.26 Å². The third-order valence-corrected chi connectivity index (χ3v) is 5.07. The summed E-state index contributed by atoms with van der Waals surface area (Å²) < 4.78 is 1.82. The van der Waals surface area contributed by atoms with E-state index in [4.69, 9.17) is 4.98 Å². The highest BCUT2D eigenvalue weighted by molar-refractivity contribution is 6.01. The van der Waals surface area contributed by atoms with E-state index >= 15 is 0 Å². The molecule has 0 unspecified atom stereocenters. The zero-order chi connectivity index (χ0) is 19.1. The highest BCUT2D eigenvalue weighted by Gasteiger charge is 2.13. The maximum atomic E-state index is 9.41. The summed E-state index contributed by atoms with van der Waals surface area (Å²) in [6.07, 6.45) is 5.73. The molecular formula is C24H16N4. The molecule has 0 radical (unpaired) electrons. The first-order chi connectivity index (χ1) is 13.7. The Morgan fingerprint density at radius 1 is 0.821 bits per heavy atom. The van der Waals surface area contributed by atoms with Gasteiger partial charge in [0.05, 0.1) is 17.8 Å². The van der Waals surface area contributed by atoms with Crippen molar-refractivity contribution in [1.82, 2.24) is 14.6 Å². The normalized spacial score (nSPS) is 11.0. The lowest BCUT2D eigenvalue weighted by Gasteiger charge is -2.07. The number of rotatable bonds is 2. The van der Waals surface area contributed by atoms with E-state index in [1.54, 1.807) is 0 Å². The Hall–Kier alpha value is -3.97. The van der Waals surface area contributed by atoms with Crippen LogP contribution in [-0.4, -0.2) is 14.6 Å². The van der Waals surface area contributed by atoms with Crippen molar-refractivity contribution in [3.8, 4) is 28.3 Å². The fourth-order valence-corrected chi connectivity index (χ4v) is 3.60. The van der Waals surface area contributed by atoms with Gasteiger partial charge in [0.2, 0.25) is 0 Å². The number of fused-ring (bicyclic) bond motifs is 2. The van der Waals surface area contributed by atoms with Crippen LogP contribution >= 0.6 is 0 Å². The van der Waals surface area contributed by atoms with E-state index in [0.717, 1.165) is 38.7 Å². The number of nitriles is 1. The van der Waals surface area contributed by atoms with Crippen LogP contribution in [0.4, 0.5) is 0 Å². The van der Waals surface area contributed by atoms with Gasteiger partial charge in [-0.1, -0.05) is 60.2 Å². The van der Waals surface area contributed by atoms with Crippen LogP contribution in [0.5, 0.6) is 0 Å². The summed E-state index contributed by atoms with van der Waals surface area (Å²) in [5.74, 6) is 0. The molecule has 2 heterocycles. The molecular weight excluding hydrogens is 344 g/mol. The highest BCUT2D eigenvalue weighted by atomic mass is 15.2. The molecule has 0 aliphatic carbocycles. The first-order valence-corrected chi connectivity index (χ1v) is 9.07. The Morgan fingerprint density at radius 2 is 1.61 bits per heavy atom. The minimum atomic E-state index is 0.672. The lowest BCUT2D eigenvalue weighted by molar-refractivity contribution is 0.941. The van der Waals surface area contributed by atoms with Crippen LogP contribution in [-0.2, 0) is 0 Å². The molecule has 3 aromatic carbocycles. The topological polar surface area (TPSA) is 54.0 Å². The predicted octanol–water partition coefficient (Wildman–Crippen LogP) is 5.40. The van der Waals surface area contributed by atoms with Crippen molar-refractivity contribution < 1.29 is 0 Å². The number of hydrogen-bond acceptors (Lipinski definition) is 3. The van der Waals surface area contributed by atoms with Gasteiger partial charge in [-0.25, -0.2) is 9.50 Å². The second kappa shape index (κ2) is 6.33. The van der Waals surface area contributed by atoms with Crippen molar-refractivity contribution in [1.29, 1.82) is 5.26 Å². The molecule has 0 N–H and O–H groups in total. The van der Waals surface area contributed by atoms with Crippen LogP contribution in [0.3, 0.4) is 0 Å². The molecule has 0 spiro atoms. The Morgan fingerprint density at radius 3 is 2.43 bits per heavy atom. The molecule has 0 atom stereocenters. The van der Waals surface area contributed by atoms with Crippen molar-refractivity contribution in [2.45, 2.75) is 6.92 Å². The fourth-order valence-electron chi connectivity index (χ4n) is 3.60. The third-order valence-electron chi connectivity index (χ3n) is 5.07. The molecule has 5 aromatic rings. The minimum Gasteiger partial charge on any atom is -0.236 e. The zero-order valence-corrected chi connectivity index (χ0v) is 15.3. The van der Waals surface area contributed by atoms with Gasteiger partial charge >= 0.3 is 0 Å². The average molecular weight is 360 g/mol. The summed E-state index contributed by atoms with van der Waals surface area (Å²) in [5.41, 5.74) is 6.81. The van der Waals surface area contributed by atoms with E-state index in [-0.39, 0.29) is 0 Å². The highest BCUT2D eigenvalue weighted by Crippen LogP contribution is 2.32. The second-order valence-corrected chi connectivity index (χ2v) is 6.85. The number of nitrogens with zero attached hydrogens (tertiary/aromatic N) is 4. The van der Waals surface area contributed by atoms with Crippen LogP contribution in [0, 0.1) is 18.3 Å². The summed E-state index contributed by atoms with van der Waals surface area (Å²) in [6.45, 7) is 2.08. The van der Waals surface area contributed by atoms with Crippen LogP contribution in [0.2, 0.25) is 0 Å². The first-order valence-electron chi connectivity index (χ1n) is 9.07. The molecule has 4 heteroatoms. The largest absolute Gasteiger partial charge is 0.236 e. The molecule has 2 aromatic heterocycles. The maximum absolute atomic E-state index is 9.41. The summed E-state index contributed by atoms with van der Waals surface area (Å²) in [6, 6.07) is 22.4. The van der Waals surface area contributed by atoms with Gasteiger partial charge in [0, 0.05) is 28.9 Å². The Kier molecular flexibility index (Phi) is 3.67. The molecule has 0 amide bonds. The van der Waals surface area contributed by atoms with Crippen molar-refractivity contribution in [3.63, 3.8) is 0 Å². The minimum absolute atomic E-state index is 0.672. The predicted molar refractivity (Wildman–Crippen MR) is 111 cm³/mol. The molecule has 0 saturated carbocycles. The smallest absolute Gasteiger partial charge is 0.162 e. The SMILES string of the molecule is Cc1ccc(-c2cnc3c(-c4cccc5c(C#N)cccc45)cnn3c2)cc1. The molecule has 5 rings (SSSR count). The van der Waals surface area contributed by atoms with E-state index in [1.807, 2.05) is 53.4 Å². The lowest BCUT2D eigenvalue weighted by atomic mass is 9.97. The fraction of sp³-hybridized carbons (Fsp3) is 0.0417. The first kappa shape index (κ1) is 16.2. The molecule has 0 fully saturated rings. The molecule has 0 saturated heterocycles. The van der Waals surface area contributed by atoms with Crippen LogP contribution in [0.25, 0.3) is 38.7 Å². The Labute approximate surface area is 162 Å². The molecule has 0 aliphatic rings. The quantitative estimate of drug-likeness (QED) is 0.424. The van der Waals surface area contributed by atoms with Crippen molar-refractivity contribution >= 4 is 16.4 Å². The number of hydrogen-bond donors (Lipinski definition) is 0. The summed E-state index contributed by atoms with van der Waals surface area (Å²) in [4.78, 5) is 4.70. The van der Waals surface area contributed by atoms with Crippen LogP contribution in [0.15, 0.2) is 79.3 Å². The second-order valence-electron chi connectivity index (χ2n) is 6.85. The standard InChI is InChI=1S/C24H16N4/c1-16-8-10-17(11-9-16)19-13-26-24-23(14-27-28(24)15-19)22-7-3-5-20-18(12-25)4-2-6-21(20)22/h2-11,13-15H,1H3. The lowest BCUT2D eigenvalue weighted by Crippen LogP contribution is -1.92. The van der Waals surface area contributed by atoms with E-state index in [0.29, 0.717) is 5.56 Å². The molecule has 0 aliphatic heterocycles. The van der Waals surface area contributed by atoms with Crippen LogP contribution < -0.4 is 0 Å². The average Bonchev–Trinajstić information content (AvgIpc) is 3.16. The summed E-state index contributed by atoms with van der Waals surface area (Å²) in [7, 11) is 0. The van der Waals surface area contributed by atoms with Crippen molar-refractivity contribution in [3.05, 3.63) is 90.4 Å². The van der Waals surface area contributed by atoms with Gasteiger partial charge in [-0.3, -0.25) is 0 Å². The summed E-state index contributed by atoms with van der Waals surface area (Å²) >= 11 is 0. The molecule has 28 heavy (non-hydrogen) atoms. The van der Waals surface area contributed by atoms with E-state index in [2.05, 4.69) is 48.4 Å². The molecule has 0 bridgehead atoms. The number of benzene rings is 3. The van der Waals surface area contributed by atoms with Gasteiger partial charge in [-0.15, -0.1) is 0 Å². The van der Waals surface area contributed by atoms with Gasteiger partial charge in [0.1, 0.15) is 0 Å².